The number of hydrogen-bond acceptors (Lipinski definition) is 10. The van der Waals surface area contributed by atoms with E-state index < -0.39 is 51.8 Å². The molecule has 0 aliphatic carbocycles. The van der Waals surface area contributed by atoms with E-state index in [4.69, 9.17) is 28.4 Å². The molecule has 0 aromatic carbocycles. The third-order valence-corrected chi connectivity index (χ3v) is 12.8. The lowest BCUT2D eigenvalue weighted by Gasteiger charge is -2.20. The van der Waals surface area contributed by atoms with Crippen LogP contribution in [0.15, 0.2) is 12.2 Å². The van der Waals surface area contributed by atoms with Crippen molar-refractivity contribution in [1.82, 2.24) is 0 Å². The van der Waals surface area contributed by atoms with Crippen molar-refractivity contribution in [3.8, 4) is 0 Å². The van der Waals surface area contributed by atoms with Gasteiger partial charge in [0.2, 0.25) is 0 Å². The summed E-state index contributed by atoms with van der Waals surface area (Å²) in [6.07, 6.45) is 40.5. The van der Waals surface area contributed by atoms with Crippen LogP contribution in [0, 0.1) is 5.92 Å². The van der Waals surface area contributed by atoms with Gasteiger partial charge in [-0.05, 0) is 44.4 Å². The minimum absolute atomic E-state index is 0.183. The van der Waals surface area contributed by atoms with Gasteiger partial charge in [-0.15, -0.1) is 0 Å². The zero-order valence-corrected chi connectivity index (χ0v) is 40.2. The molecule has 11 nitrogen and oxygen atoms in total. The number of epoxide rings is 1. The molecule has 0 aromatic heterocycles. The normalized spacial score (nSPS) is 17.6. The zero-order valence-electron chi connectivity index (χ0n) is 39.3. The van der Waals surface area contributed by atoms with Gasteiger partial charge in [-0.3, -0.25) is 18.6 Å². The molecule has 0 bridgehead atoms. The van der Waals surface area contributed by atoms with Crippen LogP contribution in [0.5, 0.6) is 0 Å². The summed E-state index contributed by atoms with van der Waals surface area (Å²) in [5, 5.41) is 18.4. The zero-order chi connectivity index (χ0) is 44.7. The van der Waals surface area contributed by atoms with E-state index in [-0.39, 0.29) is 19.4 Å². The molecule has 360 valence electrons. The number of carbonyl (C=O) groups excluding carboxylic acids is 2. The minimum atomic E-state index is -4.63. The second kappa shape index (κ2) is 40.2. The van der Waals surface area contributed by atoms with Crippen molar-refractivity contribution >= 4 is 19.8 Å². The van der Waals surface area contributed by atoms with Gasteiger partial charge in [-0.1, -0.05) is 193 Å². The molecule has 0 saturated carbocycles. The van der Waals surface area contributed by atoms with Crippen LogP contribution in [-0.2, 0) is 37.4 Å². The van der Waals surface area contributed by atoms with Crippen LogP contribution in [-0.4, -0.2) is 77.9 Å². The Morgan fingerprint density at radius 1 is 0.639 bits per heavy atom. The van der Waals surface area contributed by atoms with Gasteiger partial charge in [0.1, 0.15) is 12.7 Å². The molecule has 0 spiro atoms. The van der Waals surface area contributed by atoms with Crippen molar-refractivity contribution in [2.75, 3.05) is 26.4 Å². The Morgan fingerprint density at radius 2 is 1.15 bits per heavy atom. The summed E-state index contributed by atoms with van der Waals surface area (Å²) in [7, 11) is -4.63. The molecule has 0 aromatic rings. The van der Waals surface area contributed by atoms with Crippen LogP contribution in [0.4, 0.5) is 0 Å². The van der Waals surface area contributed by atoms with E-state index in [1.165, 1.54) is 122 Å². The monoisotopic (exact) mass is 889 g/mol. The molecule has 1 aliphatic rings. The van der Waals surface area contributed by atoms with E-state index in [1.54, 1.807) is 0 Å². The van der Waals surface area contributed by atoms with Crippen molar-refractivity contribution in [3.05, 3.63) is 12.2 Å². The maximum absolute atomic E-state index is 12.7. The number of phosphoric ester groups is 1. The van der Waals surface area contributed by atoms with Gasteiger partial charge in [0.05, 0.1) is 32.0 Å². The first kappa shape index (κ1) is 57.7. The predicted octanol–water partition coefficient (Wildman–Crippen LogP) is 12.8. The third-order valence-electron chi connectivity index (χ3n) is 11.9. The summed E-state index contributed by atoms with van der Waals surface area (Å²) in [5.74, 6) is -0.0438. The topological polar surface area (TPSA) is 161 Å². The average molecular weight is 889 g/mol. The minimum Gasteiger partial charge on any atom is -0.462 e. The van der Waals surface area contributed by atoms with Gasteiger partial charge in [-0.25, -0.2) is 4.57 Å². The first-order valence-corrected chi connectivity index (χ1v) is 26.7. The Kier molecular flexibility index (Phi) is 38.0. The number of phosphoric acid groups is 1. The first-order valence-electron chi connectivity index (χ1n) is 25.2. The summed E-state index contributed by atoms with van der Waals surface area (Å²) in [6.45, 7) is 4.75. The number of rotatable bonds is 46. The lowest BCUT2D eigenvalue weighted by atomic mass is 9.99. The van der Waals surface area contributed by atoms with Gasteiger partial charge in [0, 0.05) is 12.8 Å². The van der Waals surface area contributed by atoms with Gasteiger partial charge < -0.3 is 29.3 Å². The van der Waals surface area contributed by atoms with Gasteiger partial charge in [0.15, 0.2) is 6.10 Å². The van der Waals surface area contributed by atoms with E-state index >= 15 is 0 Å². The Bertz CT molecular complexity index is 1100. The molecule has 1 rings (SSSR count). The van der Waals surface area contributed by atoms with E-state index in [1.807, 2.05) is 0 Å². The third kappa shape index (κ3) is 37.7. The van der Waals surface area contributed by atoms with Crippen LogP contribution in [0.25, 0.3) is 0 Å². The summed E-state index contributed by atoms with van der Waals surface area (Å²) in [5.41, 5.74) is 0. The fraction of sp³-hybridized carbons (Fsp3) is 0.918. The second-order valence-corrected chi connectivity index (χ2v) is 19.3. The molecule has 3 N–H and O–H groups in total. The fourth-order valence-electron chi connectivity index (χ4n) is 7.51. The average Bonchev–Trinajstić information content (AvgIpc) is 4.01. The van der Waals surface area contributed by atoms with Gasteiger partial charge in [0.25, 0.3) is 0 Å². The number of ether oxygens (including phenoxy) is 3. The van der Waals surface area contributed by atoms with Crippen LogP contribution in [0.3, 0.4) is 0 Å². The predicted molar refractivity (Wildman–Crippen MR) is 246 cm³/mol. The summed E-state index contributed by atoms with van der Waals surface area (Å²) >= 11 is 0. The molecular weight excluding hydrogens is 796 g/mol. The quantitative estimate of drug-likeness (QED) is 0.0175. The van der Waals surface area contributed by atoms with Gasteiger partial charge >= 0.3 is 19.8 Å². The van der Waals surface area contributed by atoms with E-state index in [9.17, 15) is 24.2 Å². The number of unbranched alkanes of at least 4 members (excludes halogenated alkanes) is 24. The maximum Gasteiger partial charge on any atom is 0.472 e. The number of aliphatic hydroxyl groups excluding tert-OH is 2. The van der Waals surface area contributed by atoms with E-state index in [0.717, 1.165) is 70.1 Å². The lowest BCUT2D eigenvalue weighted by molar-refractivity contribution is -0.161. The number of hydrogen-bond donors (Lipinski definition) is 3. The molecule has 4 unspecified atom stereocenters. The Hall–Kier alpha value is -1.33. The molecule has 1 fully saturated rings. The fourth-order valence-corrected chi connectivity index (χ4v) is 8.30. The van der Waals surface area contributed by atoms with Crippen molar-refractivity contribution in [1.29, 1.82) is 0 Å². The largest absolute Gasteiger partial charge is 0.472 e. The van der Waals surface area contributed by atoms with Crippen LogP contribution < -0.4 is 0 Å². The first-order chi connectivity index (χ1) is 29.6. The molecular formula is C49H93O11P. The highest BCUT2D eigenvalue weighted by atomic mass is 31.2. The number of carbonyl (C=O) groups is 2. The SMILES string of the molecule is CCCCC/C=C\CC1OC1CCCCCCCC(=O)OC[C@H](COP(=O)(O)OC[C@@H](O)CO)OC(=O)CCCCCCCCCCCCCCCCCCCCC(C)CC. The summed E-state index contributed by atoms with van der Waals surface area (Å²) in [4.78, 5) is 35.2. The van der Waals surface area contributed by atoms with Crippen molar-refractivity contribution in [3.63, 3.8) is 0 Å². The summed E-state index contributed by atoms with van der Waals surface area (Å²) in [6, 6.07) is 0. The highest BCUT2D eigenvalue weighted by molar-refractivity contribution is 7.47. The summed E-state index contributed by atoms with van der Waals surface area (Å²) < 4.78 is 38.7. The van der Waals surface area contributed by atoms with Crippen LogP contribution in [0.2, 0.25) is 0 Å². The number of esters is 2. The second-order valence-electron chi connectivity index (χ2n) is 17.8. The maximum atomic E-state index is 12.7. The molecule has 0 amide bonds. The van der Waals surface area contributed by atoms with Gasteiger partial charge in [-0.2, -0.15) is 0 Å². The molecule has 0 radical (unpaired) electrons. The van der Waals surface area contributed by atoms with Crippen LogP contribution >= 0.6 is 7.82 Å². The Morgan fingerprint density at radius 3 is 1.69 bits per heavy atom. The lowest BCUT2D eigenvalue weighted by Crippen LogP contribution is -2.29. The van der Waals surface area contributed by atoms with E-state index in [0.29, 0.717) is 25.0 Å². The van der Waals surface area contributed by atoms with Crippen molar-refractivity contribution < 1.29 is 52.5 Å². The Balaban J connectivity index is 2.17. The van der Waals surface area contributed by atoms with Crippen LogP contribution in [0.1, 0.15) is 233 Å². The number of aliphatic hydroxyl groups is 2. The highest BCUT2D eigenvalue weighted by Gasteiger charge is 2.36. The van der Waals surface area contributed by atoms with E-state index in [2.05, 4.69) is 32.9 Å². The smallest absolute Gasteiger partial charge is 0.462 e. The molecule has 1 saturated heterocycles. The highest BCUT2D eigenvalue weighted by Crippen LogP contribution is 2.43. The van der Waals surface area contributed by atoms with Crippen molar-refractivity contribution in [2.24, 2.45) is 5.92 Å². The standard InChI is InChI=1S/C49H93O11P/c1-4-6-7-8-25-30-35-46-47(60-46)36-31-26-23-28-32-37-48(52)56-41-45(42-58-61(54,55)57-40-44(51)39-50)59-49(53)38-33-27-22-20-18-16-14-12-10-9-11-13-15-17-19-21-24-29-34-43(3)5-2/h25,30,43-47,50-51H,4-24,26-29,31-42H2,1-3H3,(H,54,55)/b30-25-/t43?,44-,45+,46?,47?/m0/s1. The molecule has 61 heavy (non-hydrogen) atoms. The Labute approximate surface area is 372 Å². The molecule has 12 heteroatoms. The molecule has 1 aliphatic heterocycles. The molecule has 1 heterocycles. The van der Waals surface area contributed by atoms with Crippen molar-refractivity contribution in [2.45, 2.75) is 257 Å². The number of allylic oxidation sites excluding steroid dienone is 1. The molecule has 6 atom stereocenters.